The van der Waals surface area contributed by atoms with Gasteiger partial charge in [0.25, 0.3) is 5.91 Å². The zero-order chi connectivity index (χ0) is 15.6. The van der Waals surface area contributed by atoms with Gasteiger partial charge in [-0.05, 0) is 26.2 Å². The fourth-order valence-electron chi connectivity index (χ4n) is 2.67. The normalized spacial score (nSPS) is 18.5. The van der Waals surface area contributed by atoms with Crippen LogP contribution in [0.15, 0.2) is 6.20 Å². The molecule has 0 N–H and O–H groups in total. The van der Waals surface area contributed by atoms with Gasteiger partial charge in [0.1, 0.15) is 0 Å². The van der Waals surface area contributed by atoms with Gasteiger partial charge in [0.15, 0.2) is 5.82 Å². The molecule has 1 fully saturated rings. The van der Waals surface area contributed by atoms with Gasteiger partial charge in [0.05, 0.1) is 17.3 Å². The molecule has 0 aromatic carbocycles. The van der Waals surface area contributed by atoms with E-state index in [0.29, 0.717) is 17.1 Å². The number of piperidine rings is 1. The number of rotatable bonds is 2. The lowest BCUT2D eigenvalue weighted by Crippen LogP contribution is -2.38. The summed E-state index contributed by atoms with van der Waals surface area (Å²) in [5.41, 5.74) is 1.17. The molecule has 114 valence electrons. The Labute approximate surface area is 125 Å². The van der Waals surface area contributed by atoms with Gasteiger partial charge in [-0.25, -0.2) is 9.97 Å². The van der Waals surface area contributed by atoms with Crippen molar-refractivity contribution >= 4 is 11.8 Å². The SMILES string of the molecule is CC(=O)N1CCCCC1c1ncc(C(=O)N(C)C)c(C)n1. The fraction of sp³-hybridized carbons (Fsp3) is 0.600. The number of carbonyl (C=O) groups is 2. The third kappa shape index (κ3) is 3.20. The Morgan fingerprint density at radius 1 is 1.33 bits per heavy atom. The highest BCUT2D eigenvalue weighted by Crippen LogP contribution is 2.29. The largest absolute Gasteiger partial charge is 0.345 e. The van der Waals surface area contributed by atoms with Crippen molar-refractivity contribution in [1.82, 2.24) is 19.8 Å². The molecule has 2 amide bonds. The maximum absolute atomic E-state index is 12.0. The van der Waals surface area contributed by atoms with E-state index in [4.69, 9.17) is 0 Å². The Morgan fingerprint density at radius 2 is 2.05 bits per heavy atom. The standard InChI is InChI=1S/C15H22N4O2/c1-10-12(15(21)18(3)4)9-16-14(17-10)13-7-5-6-8-19(13)11(2)20/h9,13H,5-8H2,1-4H3. The summed E-state index contributed by atoms with van der Waals surface area (Å²) in [6.07, 6.45) is 4.54. The van der Waals surface area contributed by atoms with Gasteiger partial charge in [0, 0.05) is 33.8 Å². The van der Waals surface area contributed by atoms with E-state index < -0.39 is 0 Å². The zero-order valence-electron chi connectivity index (χ0n) is 13.1. The average Bonchev–Trinajstić information content (AvgIpc) is 2.46. The summed E-state index contributed by atoms with van der Waals surface area (Å²) in [5.74, 6) is 0.582. The highest BCUT2D eigenvalue weighted by atomic mass is 16.2. The molecule has 6 nitrogen and oxygen atoms in total. The first-order valence-corrected chi connectivity index (χ1v) is 7.24. The number of likely N-dealkylation sites (tertiary alicyclic amines) is 1. The van der Waals surface area contributed by atoms with Crippen LogP contribution in [0.25, 0.3) is 0 Å². The smallest absolute Gasteiger partial charge is 0.256 e. The fourth-order valence-corrected chi connectivity index (χ4v) is 2.67. The van der Waals surface area contributed by atoms with Crippen molar-refractivity contribution in [3.63, 3.8) is 0 Å². The van der Waals surface area contributed by atoms with Crippen LogP contribution in [-0.4, -0.2) is 52.2 Å². The number of nitrogens with zero attached hydrogens (tertiary/aromatic N) is 4. The van der Waals surface area contributed by atoms with Crippen LogP contribution >= 0.6 is 0 Å². The molecule has 1 aliphatic rings. The summed E-state index contributed by atoms with van der Waals surface area (Å²) < 4.78 is 0. The van der Waals surface area contributed by atoms with Crippen LogP contribution in [0.3, 0.4) is 0 Å². The number of amides is 2. The molecule has 0 saturated carbocycles. The second-order valence-corrected chi connectivity index (χ2v) is 5.65. The molecule has 21 heavy (non-hydrogen) atoms. The molecule has 6 heteroatoms. The van der Waals surface area contributed by atoms with E-state index in [0.717, 1.165) is 25.8 Å². The maximum atomic E-state index is 12.0. The first kappa shape index (κ1) is 15.4. The van der Waals surface area contributed by atoms with E-state index in [1.54, 1.807) is 27.2 Å². The molecule has 1 atom stereocenters. The number of hydrogen-bond acceptors (Lipinski definition) is 4. The van der Waals surface area contributed by atoms with Crippen LogP contribution in [0, 0.1) is 6.92 Å². The third-order valence-electron chi connectivity index (χ3n) is 3.84. The monoisotopic (exact) mass is 290 g/mol. The summed E-state index contributed by atoms with van der Waals surface area (Å²) in [4.78, 5) is 35.9. The first-order chi connectivity index (χ1) is 9.91. The highest BCUT2D eigenvalue weighted by molar-refractivity contribution is 5.94. The Morgan fingerprint density at radius 3 is 2.62 bits per heavy atom. The third-order valence-corrected chi connectivity index (χ3v) is 3.84. The quantitative estimate of drug-likeness (QED) is 0.829. The lowest BCUT2D eigenvalue weighted by atomic mass is 10.0. The molecule has 2 rings (SSSR count). The Balaban J connectivity index is 2.30. The van der Waals surface area contributed by atoms with Crippen LogP contribution < -0.4 is 0 Å². The van der Waals surface area contributed by atoms with Gasteiger partial charge in [-0.15, -0.1) is 0 Å². The Kier molecular flexibility index (Phi) is 4.55. The van der Waals surface area contributed by atoms with Gasteiger partial charge in [-0.2, -0.15) is 0 Å². The van der Waals surface area contributed by atoms with E-state index in [-0.39, 0.29) is 17.9 Å². The van der Waals surface area contributed by atoms with Gasteiger partial charge in [-0.3, -0.25) is 9.59 Å². The van der Waals surface area contributed by atoms with Gasteiger partial charge < -0.3 is 9.80 Å². The van der Waals surface area contributed by atoms with Crippen LogP contribution in [0.4, 0.5) is 0 Å². The first-order valence-electron chi connectivity index (χ1n) is 7.24. The van der Waals surface area contributed by atoms with E-state index in [9.17, 15) is 9.59 Å². The summed E-state index contributed by atoms with van der Waals surface area (Å²) in [6, 6.07) is -0.0709. The summed E-state index contributed by atoms with van der Waals surface area (Å²) in [6.45, 7) is 4.14. The summed E-state index contributed by atoms with van der Waals surface area (Å²) in [7, 11) is 3.41. The molecule has 1 aliphatic heterocycles. The van der Waals surface area contributed by atoms with Gasteiger partial charge in [0.2, 0.25) is 5.91 Å². The van der Waals surface area contributed by atoms with Crippen LogP contribution in [0.1, 0.15) is 54.1 Å². The number of hydrogen-bond donors (Lipinski definition) is 0. The van der Waals surface area contributed by atoms with Crippen molar-refractivity contribution < 1.29 is 9.59 Å². The Hall–Kier alpha value is -1.98. The van der Waals surface area contributed by atoms with Crippen molar-refractivity contribution in [1.29, 1.82) is 0 Å². The number of aryl methyl sites for hydroxylation is 1. The van der Waals surface area contributed by atoms with E-state index in [1.807, 2.05) is 11.8 Å². The molecule has 0 aliphatic carbocycles. The minimum atomic E-state index is -0.105. The van der Waals surface area contributed by atoms with Crippen molar-refractivity contribution in [3.8, 4) is 0 Å². The highest BCUT2D eigenvalue weighted by Gasteiger charge is 2.28. The minimum absolute atomic E-state index is 0.0504. The van der Waals surface area contributed by atoms with Crippen molar-refractivity contribution in [2.45, 2.75) is 39.2 Å². The predicted molar refractivity (Wildman–Crippen MR) is 78.8 cm³/mol. The van der Waals surface area contributed by atoms with Gasteiger partial charge in [-0.1, -0.05) is 0 Å². The summed E-state index contributed by atoms with van der Waals surface area (Å²) in [5, 5.41) is 0. The van der Waals surface area contributed by atoms with Crippen molar-refractivity contribution in [3.05, 3.63) is 23.3 Å². The molecular formula is C15H22N4O2. The number of carbonyl (C=O) groups excluding carboxylic acids is 2. The van der Waals surface area contributed by atoms with Crippen LogP contribution in [0.2, 0.25) is 0 Å². The Bertz CT molecular complexity index is 557. The molecule has 0 radical (unpaired) electrons. The van der Waals surface area contributed by atoms with E-state index in [2.05, 4.69) is 9.97 Å². The average molecular weight is 290 g/mol. The lowest BCUT2D eigenvalue weighted by molar-refractivity contribution is -0.132. The number of aromatic nitrogens is 2. The maximum Gasteiger partial charge on any atom is 0.256 e. The van der Waals surface area contributed by atoms with Crippen molar-refractivity contribution in [2.24, 2.45) is 0 Å². The molecular weight excluding hydrogens is 268 g/mol. The molecule has 2 heterocycles. The second-order valence-electron chi connectivity index (χ2n) is 5.65. The molecule has 1 unspecified atom stereocenters. The van der Waals surface area contributed by atoms with Crippen molar-refractivity contribution in [2.75, 3.05) is 20.6 Å². The second kappa shape index (κ2) is 6.20. The van der Waals surface area contributed by atoms with Gasteiger partial charge >= 0.3 is 0 Å². The van der Waals surface area contributed by atoms with E-state index in [1.165, 1.54) is 4.90 Å². The lowest BCUT2D eigenvalue weighted by Gasteiger charge is -2.34. The molecule has 1 saturated heterocycles. The molecule has 1 aromatic heterocycles. The van der Waals surface area contributed by atoms with Crippen LogP contribution in [-0.2, 0) is 4.79 Å². The van der Waals surface area contributed by atoms with Crippen LogP contribution in [0.5, 0.6) is 0 Å². The molecule has 1 aromatic rings. The summed E-state index contributed by atoms with van der Waals surface area (Å²) >= 11 is 0. The molecule has 0 bridgehead atoms. The molecule has 0 spiro atoms. The zero-order valence-corrected chi connectivity index (χ0v) is 13.1. The predicted octanol–water partition coefficient (Wildman–Crippen LogP) is 1.56. The minimum Gasteiger partial charge on any atom is -0.345 e. The van der Waals surface area contributed by atoms with E-state index >= 15 is 0 Å². The topological polar surface area (TPSA) is 66.4 Å².